The summed E-state index contributed by atoms with van der Waals surface area (Å²) in [6.45, 7) is 2.24. The molecule has 0 saturated carbocycles. The fraction of sp³-hybridized carbons (Fsp3) is 0.500. The van der Waals surface area contributed by atoms with E-state index >= 15 is 0 Å². The van der Waals surface area contributed by atoms with E-state index in [1.165, 1.54) is 6.42 Å². The quantitative estimate of drug-likeness (QED) is 0.838. The van der Waals surface area contributed by atoms with E-state index < -0.39 is 12.0 Å². The summed E-state index contributed by atoms with van der Waals surface area (Å²) in [5.41, 5.74) is 0.826. The standard InChI is InChI=1S/C16H22N2O3/c19-15(12-18-9-5-2-6-10-18)17-14(11-16(20)21)13-7-3-1-4-8-13/h1,3-4,7-8,14H,2,5-6,9-12H2,(H,17,19)(H,20,21). The van der Waals surface area contributed by atoms with Crippen LogP contribution in [0, 0.1) is 0 Å². The predicted molar refractivity (Wildman–Crippen MR) is 79.9 cm³/mol. The van der Waals surface area contributed by atoms with Crippen molar-refractivity contribution in [1.82, 2.24) is 10.2 Å². The molecule has 5 nitrogen and oxygen atoms in total. The molecule has 1 aromatic rings. The molecular formula is C16H22N2O3. The van der Waals surface area contributed by atoms with Gasteiger partial charge in [-0.3, -0.25) is 14.5 Å². The number of hydrogen-bond acceptors (Lipinski definition) is 3. The number of carboxylic acids is 1. The zero-order chi connectivity index (χ0) is 15.1. The number of likely N-dealkylation sites (tertiary alicyclic amines) is 1. The van der Waals surface area contributed by atoms with E-state index in [0.29, 0.717) is 6.54 Å². The molecule has 2 rings (SSSR count). The zero-order valence-electron chi connectivity index (χ0n) is 12.1. The van der Waals surface area contributed by atoms with Crippen LogP contribution in [0.15, 0.2) is 30.3 Å². The third kappa shape index (κ3) is 5.19. The number of piperidine rings is 1. The summed E-state index contributed by atoms with van der Waals surface area (Å²) >= 11 is 0. The van der Waals surface area contributed by atoms with Crippen molar-refractivity contribution in [2.24, 2.45) is 0 Å². The van der Waals surface area contributed by atoms with E-state index in [-0.39, 0.29) is 12.3 Å². The van der Waals surface area contributed by atoms with Crippen molar-refractivity contribution in [2.45, 2.75) is 31.7 Å². The predicted octanol–water partition coefficient (Wildman–Crippen LogP) is 1.80. The maximum atomic E-state index is 12.1. The van der Waals surface area contributed by atoms with Crippen molar-refractivity contribution in [2.75, 3.05) is 19.6 Å². The highest BCUT2D eigenvalue weighted by Crippen LogP contribution is 2.16. The van der Waals surface area contributed by atoms with Crippen LogP contribution in [0.5, 0.6) is 0 Å². The molecule has 0 spiro atoms. The van der Waals surface area contributed by atoms with E-state index in [9.17, 15) is 9.59 Å². The number of aliphatic carboxylic acids is 1. The Hall–Kier alpha value is -1.88. The molecule has 5 heteroatoms. The van der Waals surface area contributed by atoms with E-state index in [4.69, 9.17) is 5.11 Å². The Labute approximate surface area is 125 Å². The first-order chi connectivity index (χ1) is 10.1. The van der Waals surface area contributed by atoms with Gasteiger partial charge in [0.15, 0.2) is 0 Å². The molecule has 1 aliphatic rings. The minimum atomic E-state index is -0.915. The largest absolute Gasteiger partial charge is 0.481 e. The molecule has 1 amide bonds. The van der Waals surface area contributed by atoms with Gasteiger partial charge in [0.2, 0.25) is 5.91 Å². The fourth-order valence-electron chi connectivity index (χ4n) is 2.67. The Kier molecular flexibility index (Phi) is 5.75. The second-order valence-electron chi connectivity index (χ2n) is 5.47. The second-order valence-corrected chi connectivity index (χ2v) is 5.47. The monoisotopic (exact) mass is 290 g/mol. The third-order valence-electron chi connectivity index (χ3n) is 3.73. The molecule has 0 radical (unpaired) electrons. The van der Waals surface area contributed by atoms with E-state index in [0.717, 1.165) is 31.5 Å². The lowest BCUT2D eigenvalue weighted by molar-refractivity contribution is -0.137. The summed E-state index contributed by atoms with van der Waals surface area (Å²) in [6, 6.07) is 8.78. The van der Waals surface area contributed by atoms with Crippen LogP contribution in [-0.4, -0.2) is 41.5 Å². The maximum absolute atomic E-state index is 12.1. The number of rotatable bonds is 6. The van der Waals surface area contributed by atoms with Gasteiger partial charge in [0.05, 0.1) is 19.0 Å². The van der Waals surface area contributed by atoms with E-state index in [1.807, 2.05) is 30.3 Å². The van der Waals surface area contributed by atoms with E-state index in [2.05, 4.69) is 10.2 Å². The zero-order valence-corrected chi connectivity index (χ0v) is 12.1. The molecule has 1 fully saturated rings. The first-order valence-electron chi connectivity index (χ1n) is 7.43. The number of nitrogens with one attached hydrogen (secondary N) is 1. The first kappa shape index (κ1) is 15.5. The Morgan fingerprint density at radius 1 is 1.14 bits per heavy atom. The van der Waals surface area contributed by atoms with Gasteiger partial charge in [0, 0.05) is 0 Å². The number of carboxylic acid groups (broad SMARTS) is 1. The van der Waals surface area contributed by atoms with Gasteiger partial charge in [-0.05, 0) is 31.5 Å². The maximum Gasteiger partial charge on any atom is 0.305 e. The minimum Gasteiger partial charge on any atom is -0.481 e. The average Bonchev–Trinajstić information content (AvgIpc) is 2.48. The van der Waals surface area contributed by atoms with Crippen LogP contribution in [0.2, 0.25) is 0 Å². The molecule has 21 heavy (non-hydrogen) atoms. The highest BCUT2D eigenvalue weighted by Gasteiger charge is 2.20. The van der Waals surface area contributed by atoms with Crippen molar-refractivity contribution in [3.63, 3.8) is 0 Å². The van der Waals surface area contributed by atoms with Crippen molar-refractivity contribution in [3.05, 3.63) is 35.9 Å². The van der Waals surface area contributed by atoms with Crippen LogP contribution in [-0.2, 0) is 9.59 Å². The van der Waals surface area contributed by atoms with Gasteiger partial charge < -0.3 is 10.4 Å². The van der Waals surface area contributed by atoms with Crippen molar-refractivity contribution in [1.29, 1.82) is 0 Å². The number of nitrogens with zero attached hydrogens (tertiary/aromatic N) is 1. The normalized spacial score (nSPS) is 17.1. The number of hydrogen-bond donors (Lipinski definition) is 2. The van der Waals surface area contributed by atoms with Gasteiger partial charge in [0.25, 0.3) is 0 Å². The van der Waals surface area contributed by atoms with Crippen LogP contribution in [0.4, 0.5) is 0 Å². The van der Waals surface area contributed by atoms with Crippen molar-refractivity contribution >= 4 is 11.9 Å². The van der Waals surface area contributed by atoms with Gasteiger partial charge in [0.1, 0.15) is 0 Å². The number of benzene rings is 1. The lowest BCUT2D eigenvalue weighted by Crippen LogP contribution is -2.41. The van der Waals surface area contributed by atoms with Crippen molar-refractivity contribution in [3.8, 4) is 0 Å². The highest BCUT2D eigenvalue weighted by atomic mass is 16.4. The molecule has 1 unspecified atom stereocenters. The van der Waals surface area contributed by atoms with Crippen molar-refractivity contribution < 1.29 is 14.7 Å². The Morgan fingerprint density at radius 2 is 1.81 bits per heavy atom. The van der Waals surface area contributed by atoms with Crippen LogP contribution in [0.25, 0.3) is 0 Å². The van der Waals surface area contributed by atoms with Crippen LogP contribution in [0.3, 0.4) is 0 Å². The summed E-state index contributed by atoms with van der Waals surface area (Å²) in [5.74, 6) is -1.02. The van der Waals surface area contributed by atoms with Crippen LogP contribution in [0.1, 0.15) is 37.3 Å². The lowest BCUT2D eigenvalue weighted by Gasteiger charge is -2.26. The molecule has 2 N–H and O–H groups in total. The fourth-order valence-corrected chi connectivity index (χ4v) is 2.67. The first-order valence-corrected chi connectivity index (χ1v) is 7.43. The third-order valence-corrected chi connectivity index (χ3v) is 3.73. The molecule has 114 valence electrons. The molecule has 1 aliphatic heterocycles. The molecule has 1 saturated heterocycles. The topological polar surface area (TPSA) is 69.6 Å². The average molecular weight is 290 g/mol. The van der Waals surface area contributed by atoms with Gasteiger partial charge in [-0.25, -0.2) is 0 Å². The van der Waals surface area contributed by atoms with Gasteiger partial charge >= 0.3 is 5.97 Å². The van der Waals surface area contributed by atoms with E-state index in [1.54, 1.807) is 0 Å². The molecule has 0 aromatic heterocycles. The van der Waals surface area contributed by atoms with Gasteiger partial charge in [-0.2, -0.15) is 0 Å². The van der Waals surface area contributed by atoms with Crippen LogP contribution < -0.4 is 5.32 Å². The Morgan fingerprint density at radius 3 is 2.43 bits per heavy atom. The summed E-state index contributed by atoms with van der Waals surface area (Å²) in [5, 5.41) is 11.9. The summed E-state index contributed by atoms with van der Waals surface area (Å²) < 4.78 is 0. The Balaban J connectivity index is 1.94. The molecule has 0 bridgehead atoms. The van der Waals surface area contributed by atoms with Gasteiger partial charge in [-0.15, -0.1) is 0 Å². The minimum absolute atomic E-state index is 0.101. The number of carbonyl (C=O) groups excluding carboxylic acids is 1. The Bertz CT molecular complexity index is 470. The summed E-state index contributed by atoms with van der Waals surface area (Å²) in [4.78, 5) is 25.3. The second kappa shape index (κ2) is 7.78. The van der Waals surface area contributed by atoms with Gasteiger partial charge in [-0.1, -0.05) is 36.8 Å². The smallest absolute Gasteiger partial charge is 0.305 e. The van der Waals surface area contributed by atoms with Crippen LogP contribution >= 0.6 is 0 Å². The SMILES string of the molecule is O=C(O)CC(NC(=O)CN1CCCCC1)c1ccccc1. The molecule has 1 atom stereocenters. The number of carbonyl (C=O) groups is 2. The molecular weight excluding hydrogens is 268 g/mol. The molecule has 1 heterocycles. The summed E-state index contributed by atoms with van der Waals surface area (Å²) in [7, 11) is 0. The molecule has 0 aliphatic carbocycles. The molecule has 1 aromatic carbocycles. The lowest BCUT2D eigenvalue weighted by atomic mass is 10.0. The summed E-state index contributed by atoms with van der Waals surface area (Å²) in [6.07, 6.45) is 3.38. The number of amides is 1. The highest BCUT2D eigenvalue weighted by molar-refractivity contribution is 5.79.